The molecule has 27 heavy (non-hydrogen) atoms. The molecular weight excluding hydrogens is 358 g/mol. The average molecular weight is 377 g/mol. The van der Waals surface area contributed by atoms with Gasteiger partial charge in [0.05, 0.1) is 17.9 Å². The molecule has 5 nitrogen and oxygen atoms in total. The predicted octanol–water partition coefficient (Wildman–Crippen LogP) is 4.07. The normalized spacial score (nSPS) is 11.1. The van der Waals surface area contributed by atoms with Crippen molar-refractivity contribution in [1.82, 2.24) is 14.6 Å². The molecule has 0 aliphatic heterocycles. The van der Waals surface area contributed by atoms with Crippen molar-refractivity contribution in [2.45, 2.75) is 18.5 Å². The van der Waals surface area contributed by atoms with E-state index in [0.29, 0.717) is 11.8 Å². The second kappa shape index (κ2) is 7.80. The first kappa shape index (κ1) is 17.5. The number of nitrogens with zero attached hydrogens (tertiary/aromatic N) is 3. The highest BCUT2D eigenvalue weighted by Crippen LogP contribution is 2.25. The van der Waals surface area contributed by atoms with Crippen LogP contribution in [0.2, 0.25) is 0 Å². The molecule has 0 radical (unpaired) electrons. The number of rotatable bonds is 6. The molecule has 0 spiro atoms. The molecule has 0 aliphatic rings. The Balaban J connectivity index is 1.43. The van der Waals surface area contributed by atoms with Crippen molar-refractivity contribution in [2.75, 3.05) is 12.4 Å². The monoisotopic (exact) mass is 377 g/mol. The number of ether oxygens (including phenoxy) is 1. The number of pyridine rings is 1. The van der Waals surface area contributed by atoms with E-state index in [1.807, 2.05) is 59.0 Å². The van der Waals surface area contributed by atoms with E-state index in [1.165, 1.54) is 11.8 Å². The van der Waals surface area contributed by atoms with Crippen molar-refractivity contribution in [3.8, 4) is 0 Å². The van der Waals surface area contributed by atoms with Crippen LogP contribution in [0.1, 0.15) is 11.1 Å². The molecule has 0 saturated heterocycles. The van der Waals surface area contributed by atoms with Gasteiger partial charge in [0, 0.05) is 11.8 Å². The number of aryl methyl sites for hydroxylation is 1. The van der Waals surface area contributed by atoms with E-state index in [1.54, 1.807) is 0 Å². The van der Waals surface area contributed by atoms with E-state index in [-0.39, 0.29) is 11.7 Å². The Morgan fingerprint density at radius 1 is 1.07 bits per heavy atom. The molecule has 6 heteroatoms. The summed E-state index contributed by atoms with van der Waals surface area (Å²) in [5.74, 6) is -0.0401. The van der Waals surface area contributed by atoms with Crippen molar-refractivity contribution >= 4 is 34.3 Å². The van der Waals surface area contributed by atoms with Gasteiger partial charge in [-0.05, 0) is 30.2 Å². The van der Waals surface area contributed by atoms with Gasteiger partial charge in [0.2, 0.25) is 0 Å². The van der Waals surface area contributed by atoms with Gasteiger partial charge in [-0.1, -0.05) is 60.3 Å². The molecule has 2 aromatic carbocycles. The first-order valence-electron chi connectivity index (χ1n) is 8.78. The van der Waals surface area contributed by atoms with Crippen LogP contribution in [-0.4, -0.2) is 32.9 Å². The molecule has 2 aromatic heterocycles. The van der Waals surface area contributed by atoms with Crippen LogP contribution in [0.3, 0.4) is 0 Å². The second-order valence-corrected chi connectivity index (χ2v) is 7.21. The van der Waals surface area contributed by atoms with Crippen LogP contribution in [0.5, 0.6) is 0 Å². The fourth-order valence-corrected chi connectivity index (χ4v) is 3.81. The minimum atomic E-state index is -0.246. The van der Waals surface area contributed by atoms with Gasteiger partial charge in [0.25, 0.3) is 0 Å². The van der Waals surface area contributed by atoms with Gasteiger partial charge in [-0.25, -0.2) is 0 Å². The number of carbonyl (C=O) groups is 1. The molecule has 0 fully saturated rings. The van der Waals surface area contributed by atoms with Crippen LogP contribution in [-0.2, 0) is 16.0 Å². The largest absolute Gasteiger partial charge is 0.465 e. The summed E-state index contributed by atoms with van der Waals surface area (Å²) in [6.45, 7) is 2.44. The molecule has 136 valence electrons. The standard InChI is InChI=1S/C21H19N3O2S/c1-15-13-19-22-23-21(24(19)18-10-6-5-9-17(15)18)27-14-20(25)26-12-11-16-7-3-2-4-8-16/h2-10,13H,11-12,14H2,1H3. The Kier molecular flexibility index (Phi) is 5.07. The zero-order valence-electron chi connectivity index (χ0n) is 15.0. The maximum Gasteiger partial charge on any atom is 0.316 e. The number of hydrogen-bond donors (Lipinski definition) is 0. The molecule has 4 rings (SSSR count). The third kappa shape index (κ3) is 3.80. The molecule has 2 heterocycles. The van der Waals surface area contributed by atoms with Crippen molar-refractivity contribution in [2.24, 2.45) is 0 Å². The summed E-state index contributed by atoms with van der Waals surface area (Å²) in [5.41, 5.74) is 4.13. The molecule has 4 aromatic rings. The Morgan fingerprint density at radius 2 is 1.85 bits per heavy atom. The zero-order chi connectivity index (χ0) is 18.6. The Labute approximate surface area is 161 Å². The van der Waals surface area contributed by atoms with Crippen molar-refractivity contribution < 1.29 is 9.53 Å². The molecule has 0 N–H and O–H groups in total. The van der Waals surface area contributed by atoms with Gasteiger partial charge in [0.15, 0.2) is 10.8 Å². The quantitative estimate of drug-likeness (QED) is 0.374. The molecular formula is C21H19N3O2S. The maximum absolute atomic E-state index is 12.1. The highest BCUT2D eigenvalue weighted by atomic mass is 32.2. The fourth-order valence-electron chi connectivity index (χ4n) is 3.06. The lowest BCUT2D eigenvalue weighted by Gasteiger charge is -2.07. The fraction of sp³-hybridized carbons (Fsp3) is 0.190. The molecule has 0 amide bonds. The van der Waals surface area contributed by atoms with E-state index in [4.69, 9.17) is 4.74 Å². The Morgan fingerprint density at radius 3 is 2.70 bits per heavy atom. The summed E-state index contributed by atoms with van der Waals surface area (Å²) in [5, 5.41) is 10.3. The summed E-state index contributed by atoms with van der Waals surface area (Å²) < 4.78 is 7.34. The number of hydrogen-bond acceptors (Lipinski definition) is 5. The zero-order valence-corrected chi connectivity index (χ0v) is 15.8. The summed E-state index contributed by atoms with van der Waals surface area (Å²) in [6, 6.07) is 20.1. The number of benzene rings is 2. The van der Waals surface area contributed by atoms with Gasteiger partial charge in [0.1, 0.15) is 0 Å². The van der Waals surface area contributed by atoms with Crippen LogP contribution in [0.25, 0.3) is 16.6 Å². The lowest BCUT2D eigenvalue weighted by atomic mass is 10.1. The first-order chi connectivity index (χ1) is 13.2. The Hall–Kier alpha value is -2.86. The lowest BCUT2D eigenvalue weighted by Crippen LogP contribution is -2.10. The highest BCUT2D eigenvalue weighted by molar-refractivity contribution is 7.99. The van der Waals surface area contributed by atoms with Crippen LogP contribution < -0.4 is 0 Å². The summed E-state index contributed by atoms with van der Waals surface area (Å²) in [6.07, 6.45) is 0.717. The SMILES string of the molecule is Cc1cc2nnc(SCC(=O)OCCc3ccccc3)n2c2ccccc12. The molecule has 0 unspecified atom stereocenters. The number of para-hydroxylation sites is 1. The van der Waals surface area contributed by atoms with Crippen LogP contribution >= 0.6 is 11.8 Å². The number of carbonyl (C=O) groups excluding carboxylic acids is 1. The molecule has 0 saturated carbocycles. The van der Waals surface area contributed by atoms with E-state index < -0.39 is 0 Å². The first-order valence-corrected chi connectivity index (χ1v) is 9.77. The molecule has 0 atom stereocenters. The number of thioether (sulfide) groups is 1. The maximum atomic E-state index is 12.1. The summed E-state index contributed by atoms with van der Waals surface area (Å²) >= 11 is 1.35. The van der Waals surface area contributed by atoms with E-state index in [2.05, 4.69) is 23.2 Å². The summed E-state index contributed by atoms with van der Waals surface area (Å²) in [7, 11) is 0. The number of aromatic nitrogens is 3. The van der Waals surface area contributed by atoms with Crippen molar-refractivity contribution in [1.29, 1.82) is 0 Å². The smallest absolute Gasteiger partial charge is 0.316 e. The van der Waals surface area contributed by atoms with Crippen molar-refractivity contribution in [3.63, 3.8) is 0 Å². The lowest BCUT2D eigenvalue weighted by molar-refractivity contribution is -0.140. The van der Waals surface area contributed by atoms with Gasteiger partial charge < -0.3 is 4.74 Å². The molecule has 0 bridgehead atoms. The van der Waals surface area contributed by atoms with Crippen molar-refractivity contribution in [3.05, 3.63) is 71.8 Å². The third-order valence-electron chi connectivity index (χ3n) is 4.39. The second-order valence-electron chi connectivity index (χ2n) is 6.27. The van der Waals surface area contributed by atoms with Crippen LogP contribution in [0.4, 0.5) is 0 Å². The van der Waals surface area contributed by atoms with E-state index >= 15 is 0 Å². The predicted molar refractivity (Wildman–Crippen MR) is 107 cm³/mol. The van der Waals surface area contributed by atoms with E-state index in [0.717, 1.165) is 34.1 Å². The minimum absolute atomic E-state index is 0.206. The minimum Gasteiger partial charge on any atom is -0.465 e. The topological polar surface area (TPSA) is 56.5 Å². The summed E-state index contributed by atoms with van der Waals surface area (Å²) in [4.78, 5) is 12.1. The van der Waals surface area contributed by atoms with E-state index in [9.17, 15) is 4.79 Å². The Bertz CT molecular complexity index is 1090. The van der Waals surface area contributed by atoms with Gasteiger partial charge in [-0.2, -0.15) is 0 Å². The van der Waals surface area contributed by atoms with Gasteiger partial charge in [-0.3, -0.25) is 9.20 Å². The van der Waals surface area contributed by atoms with Crippen LogP contribution in [0, 0.1) is 6.92 Å². The third-order valence-corrected chi connectivity index (χ3v) is 5.29. The molecule has 0 aliphatic carbocycles. The average Bonchev–Trinajstić information content (AvgIpc) is 3.10. The number of fused-ring (bicyclic) bond motifs is 3. The highest BCUT2D eigenvalue weighted by Gasteiger charge is 2.13. The van der Waals surface area contributed by atoms with Gasteiger partial charge in [-0.15, -0.1) is 10.2 Å². The van der Waals surface area contributed by atoms with Crippen LogP contribution in [0.15, 0.2) is 65.8 Å². The number of esters is 1. The van der Waals surface area contributed by atoms with Gasteiger partial charge >= 0.3 is 5.97 Å².